The molecule has 0 aliphatic carbocycles. The van der Waals surface area contributed by atoms with E-state index in [1.165, 1.54) is 4.31 Å². The van der Waals surface area contributed by atoms with Gasteiger partial charge in [0.1, 0.15) is 10.7 Å². The summed E-state index contributed by atoms with van der Waals surface area (Å²) >= 11 is 0. The van der Waals surface area contributed by atoms with Crippen LogP contribution in [0, 0.1) is 5.82 Å². The lowest BCUT2D eigenvalue weighted by Gasteiger charge is -2.33. The predicted molar refractivity (Wildman–Crippen MR) is 76.7 cm³/mol. The highest BCUT2D eigenvalue weighted by Crippen LogP contribution is 2.35. The number of nitrogens with two attached hydrogens (primary N) is 1. The number of sulfonamides is 1. The number of pyridine rings is 1. The number of hydrogen-bond acceptors (Lipinski definition) is 4. The Kier molecular flexibility index (Phi) is 3.38. The van der Waals surface area contributed by atoms with Gasteiger partial charge in [0.2, 0.25) is 0 Å². The molecule has 2 heterocycles. The maximum Gasteiger partial charge on any atom is 0.265 e. The Hall–Kier alpha value is -1.99. The molecule has 110 valence electrons. The van der Waals surface area contributed by atoms with E-state index in [9.17, 15) is 12.8 Å². The van der Waals surface area contributed by atoms with Gasteiger partial charge in [-0.3, -0.25) is 9.29 Å². The van der Waals surface area contributed by atoms with Gasteiger partial charge in [0.15, 0.2) is 0 Å². The molecule has 0 spiro atoms. The number of fused-ring (bicyclic) bond motifs is 1. The molecule has 2 N–H and O–H groups in total. The molecule has 5 nitrogen and oxygen atoms in total. The molecule has 7 heteroatoms. The minimum atomic E-state index is -3.85. The van der Waals surface area contributed by atoms with Crippen LogP contribution in [0.2, 0.25) is 0 Å². The number of anilines is 1. The normalized spacial score (nSPS) is 18.4. The first kappa shape index (κ1) is 14.0. The average Bonchev–Trinajstić information content (AvgIpc) is 2.47. The minimum Gasteiger partial charge on any atom is -0.324 e. The van der Waals surface area contributed by atoms with Crippen LogP contribution in [0.15, 0.2) is 47.6 Å². The van der Waals surface area contributed by atoms with E-state index in [4.69, 9.17) is 5.73 Å². The number of aromatic nitrogens is 1. The van der Waals surface area contributed by atoms with E-state index in [1.54, 1.807) is 12.1 Å². The fraction of sp³-hybridized carbons (Fsp3) is 0.214. The Balaban J connectivity index is 2.11. The molecule has 1 aromatic heterocycles. The summed E-state index contributed by atoms with van der Waals surface area (Å²) < 4.78 is 39.9. The van der Waals surface area contributed by atoms with Gasteiger partial charge in [-0.2, -0.15) is 0 Å². The molecule has 0 saturated carbocycles. The van der Waals surface area contributed by atoms with Gasteiger partial charge in [0, 0.05) is 18.8 Å². The van der Waals surface area contributed by atoms with Crippen LogP contribution < -0.4 is 10.0 Å². The van der Waals surface area contributed by atoms with E-state index in [2.05, 4.69) is 4.98 Å². The van der Waals surface area contributed by atoms with Crippen LogP contribution >= 0.6 is 0 Å². The Morgan fingerprint density at radius 2 is 2.05 bits per heavy atom. The van der Waals surface area contributed by atoms with Crippen molar-refractivity contribution >= 4 is 15.7 Å². The largest absolute Gasteiger partial charge is 0.324 e. The van der Waals surface area contributed by atoms with Gasteiger partial charge in [0.25, 0.3) is 10.0 Å². The summed E-state index contributed by atoms with van der Waals surface area (Å²) in [5.74, 6) is -0.682. The highest BCUT2D eigenvalue weighted by molar-refractivity contribution is 7.92. The molecule has 0 bridgehead atoms. The van der Waals surface area contributed by atoms with Crippen molar-refractivity contribution < 1.29 is 12.8 Å². The Morgan fingerprint density at radius 3 is 2.81 bits per heavy atom. The lowest BCUT2D eigenvalue weighted by atomic mass is 9.99. The van der Waals surface area contributed by atoms with Crippen molar-refractivity contribution in [2.75, 3.05) is 10.8 Å². The van der Waals surface area contributed by atoms with Crippen LogP contribution in [0.5, 0.6) is 0 Å². The standard InChI is InChI=1S/C14H14FN3O2S/c15-10-7-11(9-17-8-10)21(19,20)18-6-5-13(16)12-3-1-2-4-14(12)18/h1-4,7-9,13H,5-6,16H2. The van der Waals surface area contributed by atoms with Crippen LogP contribution in [-0.2, 0) is 10.0 Å². The molecule has 3 rings (SSSR count). The van der Waals surface area contributed by atoms with Gasteiger partial charge >= 0.3 is 0 Å². The first-order chi connectivity index (χ1) is 10.00. The van der Waals surface area contributed by atoms with Crippen LogP contribution in [0.25, 0.3) is 0 Å². The van der Waals surface area contributed by atoms with Crippen molar-refractivity contribution in [1.82, 2.24) is 4.98 Å². The first-order valence-electron chi connectivity index (χ1n) is 6.48. The Morgan fingerprint density at radius 1 is 1.29 bits per heavy atom. The molecular formula is C14H14FN3O2S. The van der Waals surface area contributed by atoms with Crippen LogP contribution in [0.4, 0.5) is 10.1 Å². The topological polar surface area (TPSA) is 76.3 Å². The summed E-state index contributed by atoms with van der Waals surface area (Å²) in [6.07, 6.45) is 2.63. The quantitative estimate of drug-likeness (QED) is 0.918. The molecule has 1 unspecified atom stereocenters. The SMILES string of the molecule is NC1CCN(S(=O)(=O)c2cncc(F)c2)c2ccccc21. The highest BCUT2D eigenvalue weighted by atomic mass is 32.2. The van der Waals surface area contributed by atoms with Crippen LogP contribution in [0.1, 0.15) is 18.0 Å². The number of nitrogens with zero attached hydrogens (tertiary/aromatic N) is 2. The molecule has 1 atom stereocenters. The third-order valence-electron chi connectivity index (χ3n) is 3.52. The smallest absolute Gasteiger partial charge is 0.265 e. The van der Waals surface area contributed by atoms with Gasteiger partial charge in [-0.05, 0) is 24.1 Å². The zero-order valence-electron chi connectivity index (χ0n) is 11.1. The average molecular weight is 307 g/mol. The minimum absolute atomic E-state index is 0.159. The van der Waals surface area contributed by atoms with Gasteiger partial charge in [-0.25, -0.2) is 12.8 Å². The summed E-state index contributed by atoms with van der Waals surface area (Å²) in [5.41, 5.74) is 7.34. The third-order valence-corrected chi connectivity index (χ3v) is 5.29. The van der Waals surface area contributed by atoms with Crippen molar-refractivity contribution in [3.8, 4) is 0 Å². The number of halogens is 1. The summed E-state index contributed by atoms with van der Waals surface area (Å²) in [5, 5.41) is 0. The van der Waals surface area contributed by atoms with E-state index in [0.29, 0.717) is 12.1 Å². The zero-order valence-corrected chi connectivity index (χ0v) is 11.9. The van der Waals surface area contributed by atoms with Gasteiger partial charge in [-0.15, -0.1) is 0 Å². The lowest BCUT2D eigenvalue weighted by Crippen LogP contribution is -2.38. The van der Waals surface area contributed by atoms with Crippen molar-refractivity contribution in [3.63, 3.8) is 0 Å². The maximum absolute atomic E-state index is 13.3. The summed E-state index contributed by atoms with van der Waals surface area (Å²) in [6, 6.07) is 7.86. The number of para-hydroxylation sites is 1. The van der Waals surface area contributed by atoms with Gasteiger partial charge < -0.3 is 5.73 Å². The molecule has 0 saturated heterocycles. The highest BCUT2D eigenvalue weighted by Gasteiger charge is 2.32. The molecular weight excluding hydrogens is 293 g/mol. The number of benzene rings is 1. The number of rotatable bonds is 2. The fourth-order valence-corrected chi connectivity index (χ4v) is 3.95. The van der Waals surface area contributed by atoms with Crippen LogP contribution in [-0.4, -0.2) is 19.9 Å². The Bertz CT molecular complexity index is 779. The predicted octanol–water partition coefficient (Wildman–Crippen LogP) is 1.82. The van der Waals surface area contributed by atoms with Crippen molar-refractivity contribution in [2.24, 2.45) is 5.73 Å². The van der Waals surface area contributed by atoms with Crippen LogP contribution in [0.3, 0.4) is 0 Å². The van der Waals surface area contributed by atoms with Gasteiger partial charge in [-0.1, -0.05) is 18.2 Å². The summed E-state index contributed by atoms with van der Waals surface area (Å²) in [7, 11) is -3.85. The molecule has 0 fully saturated rings. The van der Waals surface area contributed by atoms with E-state index in [0.717, 1.165) is 24.0 Å². The zero-order chi connectivity index (χ0) is 15.0. The second-order valence-electron chi connectivity index (χ2n) is 4.87. The fourth-order valence-electron chi connectivity index (χ4n) is 2.47. The molecule has 1 aromatic carbocycles. The third kappa shape index (κ3) is 2.38. The maximum atomic E-state index is 13.3. The van der Waals surface area contributed by atoms with Crippen molar-refractivity contribution in [2.45, 2.75) is 17.4 Å². The second kappa shape index (κ2) is 5.09. The van der Waals surface area contributed by atoms with E-state index < -0.39 is 15.8 Å². The lowest BCUT2D eigenvalue weighted by molar-refractivity contribution is 0.570. The molecule has 2 aromatic rings. The molecule has 21 heavy (non-hydrogen) atoms. The first-order valence-corrected chi connectivity index (χ1v) is 7.92. The second-order valence-corrected chi connectivity index (χ2v) is 6.73. The molecule has 0 amide bonds. The number of hydrogen-bond donors (Lipinski definition) is 1. The summed E-state index contributed by atoms with van der Waals surface area (Å²) in [6.45, 7) is 0.261. The van der Waals surface area contributed by atoms with Crippen molar-refractivity contribution in [3.05, 3.63) is 54.1 Å². The van der Waals surface area contributed by atoms with E-state index in [-0.39, 0.29) is 17.5 Å². The van der Waals surface area contributed by atoms with E-state index >= 15 is 0 Å². The Labute approximate surface area is 122 Å². The molecule has 0 radical (unpaired) electrons. The van der Waals surface area contributed by atoms with E-state index in [1.807, 2.05) is 12.1 Å². The monoisotopic (exact) mass is 307 g/mol. The molecule has 1 aliphatic rings. The van der Waals surface area contributed by atoms with Crippen molar-refractivity contribution in [1.29, 1.82) is 0 Å². The summed E-state index contributed by atoms with van der Waals surface area (Å²) in [4.78, 5) is 3.45. The van der Waals surface area contributed by atoms with Gasteiger partial charge in [0.05, 0.1) is 11.9 Å². The molecule has 1 aliphatic heterocycles.